The van der Waals surface area contributed by atoms with Crippen molar-refractivity contribution in [1.29, 1.82) is 0 Å². The van der Waals surface area contributed by atoms with Crippen molar-refractivity contribution < 1.29 is 4.79 Å². The van der Waals surface area contributed by atoms with Crippen LogP contribution in [0.5, 0.6) is 0 Å². The van der Waals surface area contributed by atoms with E-state index in [0.717, 1.165) is 12.1 Å². The van der Waals surface area contributed by atoms with Gasteiger partial charge in [0.25, 0.3) is 5.91 Å². The van der Waals surface area contributed by atoms with Gasteiger partial charge in [-0.25, -0.2) is 0 Å². The second kappa shape index (κ2) is 8.30. The van der Waals surface area contributed by atoms with Crippen LogP contribution in [0.2, 0.25) is 0 Å². The van der Waals surface area contributed by atoms with Gasteiger partial charge < -0.3 is 16.0 Å². The van der Waals surface area contributed by atoms with Crippen molar-refractivity contribution in [3.63, 3.8) is 0 Å². The molecule has 0 heterocycles. The summed E-state index contributed by atoms with van der Waals surface area (Å²) in [5, 5.41) is 3.10. The molecule has 0 spiro atoms. The van der Waals surface area contributed by atoms with Crippen LogP contribution in [0, 0.1) is 5.92 Å². The van der Waals surface area contributed by atoms with Gasteiger partial charge in [0.15, 0.2) is 0 Å². The highest BCUT2D eigenvalue weighted by Crippen LogP contribution is 2.28. The summed E-state index contributed by atoms with van der Waals surface area (Å²) in [6, 6.07) is 7.96. The molecule has 22 heavy (non-hydrogen) atoms. The molecule has 0 aliphatic heterocycles. The average Bonchev–Trinajstić information content (AvgIpc) is 2.55. The Morgan fingerprint density at radius 3 is 2.41 bits per heavy atom. The first kappa shape index (κ1) is 17.0. The van der Waals surface area contributed by atoms with Crippen molar-refractivity contribution >= 4 is 5.91 Å². The molecule has 1 aliphatic rings. The monoisotopic (exact) mass is 303 g/mol. The predicted molar refractivity (Wildman–Crippen MR) is 90.7 cm³/mol. The zero-order valence-corrected chi connectivity index (χ0v) is 13.8. The number of nitrogens with one attached hydrogen (secondary N) is 1. The first-order valence-electron chi connectivity index (χ1n) is 8.35. The number of nitrogens with two attached hydrogens (primary N) is 1. The molecule has 1 aromatic carbocycles. The quantitative estimate of drug-likeness (QED) is 0.848. The third-order valence-electron chi connectivity index (χ3n) is 4.78. The molecule has 0 aromatic heterocycles. The van der Waals surface area contributed by atoms with Crippen molar-refractivity contribution in [3.05, 3.63) is 35.4 Å². The van der Waals surface area contributed by atoms with Crippen molar-refractivity contribution in [1.82, 2.24) is 10.2 Å². The fraction of sp³-hybridized carbons (Fsp3) is 0.611. The number of carbonyl (C=O) groups excluding carboxylic acids is 1. The van der Waals surface area contributed by atoms with Crippen LogP contribution in [0.1, 0.15) is 48.0 Å². The Labute approximate surface area is 134 Å². The minimum atomic E-state index is 0.00577. The van der Waals surface area contributed by atoms with E-state index in [9.17, 15) is 4.79 Å². The molecule has 2 rings (SSSR count). The summed E-state index contributed by atoms with van der Waals surface area (Å²) in [5.74, 6) is 0.704. The Bertz CT molecular complexity index is 464. The Hall–Kier alpha value is -1.39. The molecule has 122 valence electrons. The maximum absolute atomic E-state index is 12.3. The van der Waals surface area contributed by atoms with Crippen molar-refractivity contribution in [2.75, 3.05) is 20.6 Å². The van der Waals surface area contributed by atoms with E-state index >= 15 is 0 Å². The fourth-order valence-electron chi connectivity index (χ4n) is 3.38. The van der Waals surface area contributed by atoms with Crippen LogP contribution in [-0.2, 0) is 6.54 Å². The molecule has 4 nitrogen and oxygen atoms in total. The third-order valence-corrected chi connectivity index (χ3v) is 4.78. The number of carbonyl (C=O) groups is 1. The van der Waals surface area contributed by atoms with Crippen LogP contribution in [0.4, 0.5) is 0 Å². The zero-order chi connectivity index (χ0) is 15.9. The summed E-state index contributed by atoms with van der Waals surface area (Å²) in [5.41, 5.74) is 7.34. The zero-order valence-electron chi connectivity index (χ0n) is 13.8. The van der Waals surface area contributed by atoms with Gasteiger partial charge in [0.1, 0.15) is 0 Å². The van der Waals surface area contributed by atoms with Gasteiger partial charge in [-0.1, -0.05) is 31.4 Å². The number of hydrogen-bond acceptors (Lipinski definition) is 3. The summed E-state index contributed by atoms with van der Waals surface area (Å²) in [6.07, 6.45) is 6.57. The van der Waals surface area contributed by atoms with E-state index in [4.69, 9.17) is 5.73 Å². The van der Waals surface area contributed by atoms with E-state index in [1.54, 1.807) is 0 Å². The normalized spacial score (nSPS) is 17.5. The van der Waals surface area contributed by atoms with E-state index in [2.05, 4.69) is 24.3 Å². The second-order valence-corrected chi connectivity index (χ2v) is 6.54. The van der Waals surface area contributed by atoms with Gasteiger partial charge >= 0.3 is 0 Å². The SMILES string of the molecule is CN(C)C(CNC(=O)c1ccc(CN)cc1)C1CCCCC1. The molecule has 1 saturated carbocycles. The van der Waals surface area contributed by atoms with Gasteiger partial charge in [0, 0.05) is 24.7 Å². The molecule has 1 aliphatic carbocycles. The number of benzene rings is 1. The maximum atomic E-state index is 12.3. The summed E-state index contributed by atoms with van der Waals surface area (Å²) >= 11 is 0. The number of nitrogens with zero attached hydrogens (tertiary/aromatic N) is 1. The highest BCUT2D eigenvalue weighted by molar-refractivity contribution is 5.94. The van der Waals surface area contributed by atoms with Gasteiger partial charge in [0.2, 0.25) is 0 Å². The van der Waals surface area contributed by atoms with Gasteiger partial charge in [0.05, 0.1) is 0 Å². The second-order valence-electron chi connectivity index (χ2n) is 6.54. The highest BCUT2D eigenvalue weighted by Gasteiger charge is 2.25. The largest absolute Gasteiger partial charge is 0.350 e. The molecule has 3 N–H and O–H groups in total. The molecule has 0 saturated heterocycles. The standard InChI is InChI=1S/C18H29N3O/c1-21(2)17(15-6-4-3-5-7-15)13-20-18(22)16-10-8-14(12-19)9-11-16/h8-11,15,17H,3-7,12-13,19H2,1-2H3,(H,20,22). The third kappa shape index (κ3) is 4.55. The van der Waals surface area contributed by atoms with E-state index in [1.807, 2.05) is 24.3 Å². The molecular weight excluding hydrogens is 274 g/mol. The first-order chi connectivity index (χ1) is 10.6. The summed E-state index contributed by atoms with van der Waals surface area (Å²) in [7, 11) is 4.23. The molecule has 0 bridgehead atoms. The number of likely N-dealkylation sites (N-methyl/N-ethyl adjacent to an activating group) is 1. The lowest BCUT2D eigenvalue weighted by Crippen LogP contribution is -2.45. The Kier molecular flexibility index (Phi) is 6.40. The van der Waals surface area contributed by atoms with Crippen LogP contribution in [0.3, 0.4) is 0 Å². The van der Waals surface area contributed by atoms with Crippen molar-refractivity contribution in [3.8, 4) is 0 Å². The van der Waals surface area contributed by atoms with E-state index in [1.165, 1.54) is 32.1 Å². The van der Waals surface area contributed by atoms with Crippen molar-refractivity contribution in [2.45, 2.75) is 44.7 Å². The summed E-state index contributed by atoms with van der Waals surface area (Å²) in [6.45, 7) is 1.22. The highest BCUT2D eigenvalue weighted by atomic mass is 16.1. The Morgan fingerprint density at radius 1 is 1.23 bits per heavy atom. The molecule has 4 heteroatoms. The molecule has 1 fully saturated rings. The van der Waals surface area contributed by atoms with Crippen LogP contribution < -0.4 is 11.1 Å². The lowest BCUT2D eigenvalue weighted by atomic mass is 9.83. The lowest BCUT2D eigenvalue weighted by Gasteiger charge is -2.35. The van der Waals surface area contributed by atoms with Gasteiger partial charge in [-0.2, -0.15) is 0 Å². The molecule has 1 unspecified atom stereocenters. The van der Waals surface area contributed by atoms with Crippen molar-refractivity contribution in [2.24, 2.45) is 11.7 Å². The summed E-state index contributed by atoms with van der Waals surface area (Å²) in [4.78, 5) is 14.6. The Morgan fingerprint density at radius 2 is 1.86 bits per heavy atom. The fourth-order valence-corrected chi connectivity index (χ4v) is 3.38. The van der Waals surface area contributed by atoms with Gasteiger partial charge in [-0.15, -0.1) is 0 Å². The Balaban J connectivity index is 1.91. The predicted octanol–water partition coefficient (Wildman–Crippen LogP) is 2.39. The molecule has 0 radical (unpaired) electrons. The average molecular weight is 303 g/mol. The van der Waals surface area contributed by atoms with E-state index in [0.29, 0.717) is 24.1 Å². The molecule has 1 atom stereocenters. The van der Waals surface area contributed by atoms with Gasteiger partial charge in [-0.05, 0) is 50.6 Å². The number of amides is 1. The smallest absolute Gasteiger partial charge is 0.251 e. The van der Waals surface area contributed by atoms with E-state index < -0.39 is 0 Å². The van der Waals surface area contributed by atoms with E-state index in [-0.39, 0.29) is 5.91 Å². The topological polar surface area (TPSA) is 58.4 Å². The molecule has 1 aromatic rings. The summed E-state index contributed by atoms with van der Waals surface area (Å²) < 4.78 is 0. The molecular formula is C18H29N3O. The maximum Gasteiger partial charge on any atom is 0.251 e. The number of rotatable bonds is 6. The van der Waals surface area contributed by atoms with Crippen LogP contribution in [0.15, 0.2) is 24.3 Å². The van der Waals surface area contributed by atoms with Gasteiger partial charge in [-0.3, -0.25) is 4.79 Å². The van der Waals surface area contributed by atoms with Crippen LogP contribution in [-0.4, -0.2) is 37.5 Å². The first-order valence-corrected chi connectivity index (χ1v) is 8.35. The minimum Gasteiger partial charge on any atom is -0.350 e. The number of hydrogen-bond donors (Lipinski definition) is 2. The lowest BCUT2D eigenvalue weighted by molar-refractivity contribution is 0.0922. The minimum absolute atomic E-state index is 0.00577. The van der Waals surface area contributed by atoms with Crippen LogP contribution in [0.25, 0.3) is 0 Å². The molecule has 1 amide bonds. The van der Waals surface area contributed by atoms with Crippen LogP contribution >= 0.6 is 0 Å².